The molecule has 18 heavy (non-hydrogen) atoms. The van der Waals surface area contributed by atoms with E-state index in [0.29, 0.717) is 5.69 Å². The molecule has 2 rings (SSSR count). The van der Waals surface area contributed by atoms with Crippen LogP contribution in [0.5, 0.6) is 0 Å². The quantitative estimate of drug-likeness (QED) is 0.900. The topological polar surface area (TPSA) is 59.1 Å². The molecule has 0 bridgehead atoms. The second kappa shape index (κ2) is 5.16. The van der Waals surface area contributed by atoms with Gasteiger partial charge in [-0.3, -0.25) is 4.72 Å². The van der Waals surface area contributed by atoms with Crippen LogP contribution < -0.4 is 4.72 Å². The van der Waals surface area contributed by atoms with Crippen LogP contribution in [0.3, 0.4) is 0 Å². The molecule has 0 atom stereocenters. The van der Waals surface area contributed by atoms with Crippen molar-refractivity contribution in [2.24, 2.45) is 0 Å². The molecule has 0 aliphatic heterocycles. The van der Waals surface area contributed by atoms with E-state index in [9.17, 15) is 8.42 Å². The van der Waals surface area contributed by atoms with E-state index in [2.05, 4.69) is 25.6 Å². The summed E-state index contributed by atoms with van der Waals surface area (Å²) in [5.74, 6) is 0. The third-order valence-electron chi connectivity index (χ3n) is 2.23. The summed E-state index contributed by atoms with van der Waals surface area (Å²) in [6.07, 6.45) is 1.24. The van der Waals surface area contributed by atoms with Crippen molar-refractivity contribution in [3.63, 3.8) is 0 Å². The van der Waals surface area contributed by atoms with E-state index in [1.165, 1.54) is 6.20 Å². The second-order valence-electron chi connectivity index (χ2n) is 3.45. The van der Waals surface area contributed by atoms with Crippen molar-refractivity contribution in [2.45, 2.75) is 11.1 Å². The molecule has 0 radical (unpaired) electrons. The Kier molecular flexibility index (Phi) is 3.96. The van der Waals surface area contributed by atoms with E-state index in [4.69, 9.17) is 11.6 Å². The lowest BCUT2D eigenvalue weighted by atomic mass is 10.2. The minimum Gasteiger partial charge on any atom is -0.279 e. The summed E-state index contributed by atoms with van der Waals surface area (Å²) in [4.78, 5) is 3.72. The number of halogens is 2. The number of sulfonamides is 1. The van der Waals surface area contributed by atoms with Gasteiger partial charge in [0.05, 0.1) is 11.9 Å². The van der Waals surface area contributed by atoms with E-state index in [-0.39, 0.29) is 8.68 Å². The van der Waals surface area contributed by atoms with Crippen molar-refractivity contribution in [3.05, 3.63) is 38.9 Å². The number of hydrogen-bond acceptors (Lipinski definition) is 4. The van der Waals surface area contributed by atoms with Gasteiger partial charge in [0.2, 0.25) is 0 Å². The van der Waals surface area contributed by atoms with Crippen LogP contribution in [-0.2, 0) is 10.0 Å². The van der Waals surface area contributed by atoms with E-state index < -0.39 is 10.0 Å². The monoisotopic (exact) mass is 366 g/mol. The van der Waals surface area contributed by atoms with E-state index >= 15 is 0 Å². The van der Waals surface area contributed by atoms with Crippen LogP contribution in [0.1, 0.15) is 5.56 Å². The Balaban J connectivity index is 2.37. The SMILES string of the molecule is Cc1c(Br)cccc1NS(=O)(=O)c1cnc(Cl)s1. The first kappa shape index (κ1) is 13.8. The summed E-state index contributed by atoms with van der Waals surface area (Å²) in [6.45, 7) is 1.82. The Morgan fingerprint density at radius 3 is 2.78 bits per heavy atom. The average molecular weight is 368 g/mol. The van der Waals surface area contributed by atoms with Gasteiger partial charge in [-0.25, -0.2) is 13.4 Å². The van der Waals surface area contributed by atoms with E-state index in [0.717, 1.165) is 21.4 Å². The fraction of sp³-hybridized carbons (Fsp3) is 0.100. The highest BCUT2D eigenvalue weighted by Crippen LogP contribution is 2.28. The molecular weight excluding hydrogens is 360 g/mol. The summed E-state index contributed by atoms with van der Waals surface area (Å²) >= 11 is 9.90. The second-order valence-corrected chi connectivity index (χ2v) is 7.83. The summed E-state index contributed by atoms with van der Waals surface area (Å²) in [5, 5.41) is 0. The van der Waals surface area contributed by atoms with Crippen molar-refractivity contribution >= 4 is 54.6 Å². The lowest BCUT2D eigenvalue weighted by Gasteiger charge is -2.09. The Bertz CT molecular complexity index is 685. The summed E-state index contributed by atoms with van der Waals surface area (Å²) in [5.41, 5.74) is 1.34. The number of anilines is 1. The number of nitrogens with zero attached hydrogens (tertiary/aromatic N) is 1. The van der Waals surface area contributed by atoms with Gasteiger partial charge in [0.25, 0.3) is 10.0 Å². The highest BCUT2D eigenvalue weighted by molar-refractivity contribution is 9.10. The maximum atomic E-state index is 12.1. The van der Waals surface area contributed by atoms with Crippen molar-refractivity contribution in [3.8, 4) is 0 Å². The molecule has 1 heterocycles. The van der Waals surface area contributed by atoms with Gasteiger partial charge in [-0.05, 0) is 24.6 Å². The predicted molar refractivity (Wildman–Crippen MR) is 76.8 cm³/mol. The Morgan fingerprint density at radius 1 is 1.44 bits per heavy atom. The van der Waals surface area contributed by atoms with Crippen LogP contribution in [0.25, 0.3) is 0 Å². The summed E-state index contributed by atoms with van der Waals surface area (Å²) in [7, 11) is -3.63. The lowest BCUT2D eigenvalue weighted by molar-refractivity contribution is 0.603. The van der Waals surface area contributed by atoms with Gasteiger partial charge in [-0.15, -0.1) is 0 Å². The zero-order chi connectivity index (χ0) is 13.3. The first-order valence-electron chi connectivity index (χ1n) is 4.79. The van der Waals surface area contributed by atoms with Gasteiger partial charge < -0.3 is 0 Å². The highest BCUT2D eigenvalue weighted by Gasteiger charge is 2.18. The molecule has 0 spiro atoms. The third-order valence-corrected chi connectivity index (χ3v) is 6.03. The van der Waals surface area contributed by atoms with Crippen LogP contribution in [0.2, 0.25) is 4.47 Å². The number of nitrogens with one attached hydrogen (secondary N) is 1. The molecule has 0 saturated carbocycles. The fourth-order valence-corrected chi connectivity index (χ4v) is 4.06. The molecule has 0 fully saturated rings. The fourth-order valence-electron chi connectivity index (χ4n) is 1.28. The predicted octanol–water partition coefficient (Wildman–Crippen LogP) is 3.67. The molecule has 0 saturated heterocycles. The minimum absolute atomic E-state index is 0.0897. The van der Waals surface area contributed by atoms with Crippen LogP contribution in [-0.4, -0.2) is 13.4 Å². The van der Waals surface area contributed by atoms with Crippen LogP contribution in [0, 0.1) is 6.92 Å². The lowest BCUT2D eigenvalue weighted by Crippen LogP contribution is -2.12. The molecule has 0 unspecified atom stereocenters. The number of thiazole rings is 1. The third kappa shape index (κ3) is 2.85. The molecule has 96 valence electrons. The van der Waals surface area contributed by atoms with Crippen molar-refractivity contribution in [2.75, 3.05) is 4.72 Å². The van der Waals surface area contributed by atoms with Gasteiger partial charge in [0, 0.05) is 4.47 Å². The molecule has 1 aromatic carbocycles. The molecule has 2 aromatic rings. The number of benzene rings is 1. The Morgan fingerprint density at radius 2 is 2.17 bits per heavy atom. The van der Waals surface area contributed by atoms with Crippen LogP contribution >= 0.6 is 38.9 Å². The molecule has 8 heteroatoms. The van der Waals surface area contributed by atoms with Crippen molar-refractivity contribution < 1.29 is 8.42 Å². The minimum atomic E-state index is -3.63. The van der Waals surface area contributed by atoms with Gasteiger partial charge in [-0.2, -0.15) is 0 Å². The molecule has 0 amide bonds. The van der Waals surface area contributed by atoms with Crippen molar-refractivity contribution in [1.82, 2.24) is 4.98 Å². The van der Waals surface area contributed by atoms with Crippen molar-refractivity contribution in [1.29, 1.82) is 0 Å². The molecule has 0 aliphatic carbocycles. The van der Waals surface area contributed by atoms with Crippen LogP contribution in [0.15, 0.2) is 33.1 Å². The number of hydrogen-bond donors (Lipinski definition) is 1. The molecule has 1 aromatic heterocycles. The first-order valence-corrected chi connectivity index (χ1v) is 8.26. The van der Waals surface area contributed by atoms with Crippen LogP contribution in [0.4, 0.5) is 5.69 Å². The zero-order valence-corrected chi connectivity index (χ0v) is 13.1. The molecule has 0 aliphatic rings. The van der Waals surface area contributed by atoms with E-state index in [1.807, 2.05) is 13.0 Å². The highest BCUT2D eigenvalue weighted by atomic mass is 79.9. The number of aromatic nitrogens is 1. The normalized spacial score (nSPS) is 11.5. The molecule has 1 N–H and O–H groups in total. The zero-order valence-electron chi connectivity index (χ0n) is 9.15. The Hall–Kier alpha value is -0.630. The standard InChI is InChI=1S/C10H8BrClN2O2S2/c1-6-7(11)3-2-4-8(6)14-18(15,16)9-5-13-10(12)17-9/h2-5,14H,1H3. The Labute approximate surface area is 122 Å². The smallest absolute Gasteiger partial charge is 0.273 e. The summed E-state index contributed by atoms with van der Waals surface area (Å²) in [6, 6.07) is 5.30. The maximum absolute atomic E-state index is 12.1. The molecular formula is C10H8BrClN2O2S2. The van der Waals surface area contributed by atoms with Gasteiger partial charge in [-0.1, -0.05) is 44.9 Å². The largest absolute Gasteiger partial charge is 0.279 e. The maximum Gasteiger partial charge on any atom is 0.273 e. The average Bonchev–Trinajstić information content (AvgIpc) is 2.72. The van der Waals surface area contributed by atoms with Gasteiger partial charge >= 0.3 is 0 Å². The van der Waals surface area contributed by atoms with Gasteiger partial charge in [0.15, 0.2) is 8.68 Å². The molecule has 4 nitrogen and oxygen atoms in total. The number of rotatable bonds is 3. The first-order chi connectivity index (χ1) is 8.40. The summed E-state index contributed by atoms with van der Waals surface area (Å²) < 4.78 is 27.8. The van der Waals surface area contributed by atoms with Gasteiger partial charge in [0.1, 0.15) is 0 Å². The van der Waals surface area contributed by atoms with E-state index in [1.54, 1.807) is 12.1 Å².